The molecule has 0 bridgehead atoms. The zero-order valence-corrected chi connectivity index (χ0v) is 18.3. The smallest absolute Gasteiger partial charge is 0.231 e. The van der Waals surface area contributed by atoms with Gasteiger partial charge < -0.3 is 15.5 Å². The number of hydrogen-bond acceptors (Lipinski definition) is 5. The number of hydrogen-bond donors (Lipinski definition) is 2. The SMILES string of the molecule is CC(=O)Nc1ccc(-c2csc(NC(=O)C3CC(=O)N(c4ccc(C)cc4)C3)n2)c(F)c1. The highest BCUT2D eigenvalue weighted by Crippen LogP contribution is 2.30. The van der Waals surface area contributed by atoms with Gasteiger partial charge >= 0.3 is 0 Å². The number of halogens is 1. The Morgan fingerprint density at radius 2 is 1.91 bits per heavy atom. The van der Waals surface area contributed by atoms with Gasteiger partial charge in [0.25, 0.3) is 0 Å². The normalized spacial score (nSPS) is 15.7. The molecule has 9 heteroatoms. The second-order valence-electron chi connectivity index (χ2n) is 7.64. The van der Waals surface area contributed by atoms with Crippen LogP contribution in [0.3, 0.4) is 0 Å². The molecule has 0 radical (unpaired) electrons. The minimum Gasteiger partial charge on any atom is -0.326 e. The van der Waals surface area contributed by atoms with Gasteiger partial charge in [-0.1, -0.05) is 17.7 Å². The van der Waals surface area contributed by atoms with Crippen molar-refractivity contribution in [3.63, 3.8) is 0 Å². The molecule has 4 rings (SSSR count). The lowest BCUT2D eigenvalue weighted by molar-refractivity contribution is -0.122. The van der Waals surface area contributed by atoms with Crippen LogP contribution in [0.5, 0.6) is 0 Å². The Morgan fingerprint density at radius 1 is 1.16 bits per heavy atom. The van der Waals surface area contributed by atoms with Gasteiger partial charge in [-0.25, -0.2) is 9.37 Å². The lowest BCUT2D eigenvalue weighted by Gasteiger charge is -2.16. The highest BCUT2D eigenvalue weighted by molar-refractivity contribution is 7.14. The molecule has 1 unspecified atom stereocenters. The minimum atomic E-state index is -0.533. The lowest BCUT2D eigenvalue weighted by atomic mass is 10.1. The van der Waals surface area contributed by atoms with Crippen LogP contribution in [0.2, 0.25) is 0 Å². The van der Waals surface area contributed by atoms with E-state index in [1.807, 2.05) is 31.2 Å². The molecule has 2 heterocycles. The summed E-state index contributed by atoms with van der Waals surface area (Å²) >= 11 is 1.18. The largest absolute Gasteiger partial charge is 0.326 e. The number of rotatable bonds is 5. The molecule has 2 N–H and O–H groups in total. The van der Waals surface area contributed by atoms with Gasteiger partial charge in [-0.15, -0.1) is 11.3 Å². The summed E-state index contributed by atoms with van der Waals surface area (Å²) in [4.78, 5) is 42.2. The topological polar surface area (TPSA) is 91.4 Å². The predicted octanol–water partition coefficient (Wildman–Crippen LogP) is 4.21. The van der Waals surface area contributed by atoms with E-state index in [9.17, 15) is 18.8 Å². The maximum atomic E-state index is 14.5. The van der Waals surface area contributed by atoms with Crippen molar-refractivity contribution >= 4 is 45.6 Å². The maximum Gasteiger partial charge on any atom is 0.231 e. The van der Waals surface area contributed by atoms with Crippen molar-refractivity contribution in [3.8, 4) is 11.3 Å². The molecular formula is C23H21FN4O3S. The molecule has 0 aliphatic carbocycles. The second-order valence-corrected chi connectivity index (χ2v) is 8.50. The molecule has 7 nitrogen and oxygen atoms in total. The molecule has 1 aliphatic rings. The van der Waals surface area contributed by atoms with Crippen molar-refractivity contribution in [2.45, 2.75) is 20.3 Å². The Balaban J connectivity index is 1.42. The summed E-state index contributed by atoms with van der Waals surface area (Å²) < 4.78 is 14.5. The summed E-state index contributed by atoms with van der Waals surface area (Å²) in [6.07, 6.45) is 0.122. The molecule has 1 aromatic heterocycles. The number of nitrogens with zero attached hydrogens (tertiary/aromatic N) is 2. The van der Waals surface area contributed by atoms with Crippen molar-refractivity contribution in [2.24, 2.45) is 5.92 Å². The summed E-state index contributed by atoms with van der Waals surface area (Å²) in [5.74, 6) is -1.72. The van der Waals surface area contributed by atoms with Crippen molar-refractivity contribution in [1.82, 2.24) is 4.98 Å². The molecule has 1 aliphatic heterocycles. The average molecular weight is 453 g/mol. The van der Waals surface area contributed by atoms with E-state index in [-0.39, 0.29) is 29.7 Å². The fourth-order valence-corrected chi connectivity index (χ4v) is 4.24. The molecule has 1 fully saturated rings. The molecule has 1 atom stereocenters. The van der Waals surface area contributed by atoms with E-state index in [1.165, 1.54) is 30.4 Å². The van der Waals surface area contributed by atoms with E-state index in [2.05, 4.69) is 15.6 Å². The Bertz CT molecular complexity index is 1190. The number of aryl methyl sites for hydroxylation is 1. The zero-order chi connectivity index (χ0) is 22.8. The van der Waals surface area contributed by atoms with Crippen molar-refractivity contribution < 1.29 is 18.8 Å². The molecule has 164 valence electrons. The van der Waals surface area contributed by atoms with Crippen LogP contribution in [0.1, 0.15) is 18.9 Å². The van der Waals surface area contributed by atoms with E-state index in [0.717, 1.165) is 11.3 Å². The first-order valence-corrected chi connectivity index (χ1v) is 10.9. The van der Waals surface area contributed by atoms with Crippen LogP contribution in [0, 0.1) is 18.7 Å². The number of thiazole rings is 1. The van der Waals surface area contributed by atoms with Crippen molar-refractivity contribution in [1.29, 1.82) is 0 Å². The molecule has 32 heavy (non-hydrogen) atoms. The Kier molecular flexibility index (Phi) is 6.00. The third-order valence-electron chi connectivity index (χ3n) is 5.14. The molecule has 3 aromatic rings. The monoisotopic (exact) mass is 452 g/mol. The molecule has 2 aromatic carbocycles. The van der Waals surface area contributed by atoms with Gasteiger partial charge in [0.2, 0.25) is 17.7 Å². The van der Waals surface area contributed by atoms with Crippen LogP contribution in [-0.4, -0.2) is 29.3 Å². The third-order valence-corrected chi connectivity index (χ3v) is 5.90. The minimum absolute atomic E-state index is 0.102. The predicted molar refractivity (Wildman–Crippen MR) is 122 cm³/mol. The number of carbonyl (C=O) groups is 3. The van der Waals surface area contributed by atoms with Crippen LogP contribution < -0.4 is 15.5 Å². The number of aromatic nitrogens is 1. The standard InChI is InChI=1S/C23H21FN4O3S/c1-13-3-6-17(7-4-13)28-11-15(9-21(28)30)22(31)27-23-26-20(12-32-23)18-8-5-16(10-19(18)24)25-14(2)29/h3-8,10,12,15H,9,11H2,1-2H3,(H,25,29)(H,26,27,31). The Hall–Kier alpha value is -3.59. The van der Waals surface area contributed by atoms with Crippen LogP contribution >= 0.6 is 11.3 Å². The summed E-state index contributed by atoms with van der Waals surface area (Å²) in [6.45, 7) is 3.61. The first-order chi connectivity index (χ1) is 15.3. The number of amides is 3. The van der Waals surface area contributed by atoms with E-state index < -0.39 is 11.7 Å². The first-order valence-electron chi connectivity index (χ1n) is 10.0. The third kappa shape index (κ3) is 4.67. The number of benzene rings is 2. The average Bonchev–Trinajstić information content (AvgIpc) is 3.35. The summed E-state index contributed by atoms with van der Waals surface area (Å²) in [7, 11) is 0. The summed E-state index contributed by atoms with van der Waals surface area (Å²) in [6, 6.07) is 11.9. The summed E-state index contributed by atoms with van der Waals surface area (Å²) in [5, 5.41) is 7.24. The first kappa shape index (κ1) is 21.6. The van der Waals surface area contributed by atoms with Gasteiger partial charge in [0.15, 0.2) is 5.13 Å². The second kappa shape index (κ2) is 8.88. The summed E-state index contributed by atoms with van der Waals surface area (Å²) in [5.41, 5.74) is 2.85. The lowest BCUT2D eigenvalue weighted by Crippen LogP contribution is -2.28. The fourth-order valence-electron chi connectivity index (χ4n) is 3.52. The van der Waals surface area contributed by atoms with E-state index in [0.29, 0.717) is 23.1 Å². The van der Waals surface area contributed by atoms with Crippen LogP contribution in [0.15, 0.2) is 47.8 Å². The number of carbonyl (C=O) groups excluding carboxylic acids is 3. The van der Waals surface area contributed by atoms with E-state index in [1.54, 1.807) is 16.3 Å². The Morgan fingerprint density at radius 3 is 2.59 bits per heavy atom. The molecule has 0 spiro atoms. The fraction of sp³-hybridized carbons (Fsp3) is 0.217. The van der Waals surface area contributed by atoms with E-state index >= 15 is 0 Å². The van der Waals surface area contributed by atoms with Crippen molar-refractivity contribution in [2.75, 3.05) is 22.1 Å². The highest BCUT2D eigenvalue weighted by Gasteiger charge is 2.35. The van der Waals surface area contributed by atoms with Gasteiger partial charge in [-0.05, 0) is 37.3 Å². The van der Waals surface area contributed by atoms with Gasteiger partial charge in [0.05, 0.1) is 11.6 Å². The van der Waals surface area contributed by atoms with Crippen molar-refractivity contribution in [3.05, 3.63) is 59.2 Å². The van der Waals surface area contributed by atoms with E-state index in [4.69, 9.17) is 0 Å². The Labute approximate surface area is 188 Å². The molecule has 1 saturated heterocycles. The quantitative estimate of drug-likeness (QED) is 0.607. The molecule has 3 amide bonds. The van der Waals surface area contributed by atoms with Gasteiger partial charge in [-0.3, -0.25) is 14.4 Å². The van der Waals surface area contributed by atoms with Crippen LogP contribution in [0.25, 0.3) is 11.3 Å². The zero-order valence-electron chi connectivity index (χ0n) is 17.5. The highest BCUT2D eigenvalue weighted by atomic mass is 32.1. The number of nitrogens with one attached hydrogen (secondary N) is 2. The number of anilines is 3. The van der Waals surface area contributed by atoms with Gasteiger partial charge in [0, 0.05) is 42.2 Å². The maximum absolute atomic E-state index is 14.5. The van der Waals surface area contributed by atoms with Crippen LogP contribution in [-0.2, 0) is 14.4 Å². The van der Waals surface area contributed by atoms with Crippen LogP contribution in [0.4, 0.5) is 20.9 Å². The molecule has 0 saturated carbocycles. The van der Waals surface area contributed by atoms with Gasteiger partial charge in [-0.2, -0.15) is 0 Å². The van der Waals surface area contributed by atoms with Gasteiger partial charge in [0.1, 0.15) is 5.82 Å². The molecular weight excluding hydrogens is 431 g/mol.